The maximum absolute atomic E-state index is 11.8. The number of likely N-dealkylation sites (N-methyl/N-ethyl adjacent to an activating group) is 1. The van der Waals surface area contributed by atoms with Crippen LogP contribution in [0, 0.1) is 11.3 Å². The normalized spacial score (nSPS) is 16.8. The molecule has 0 aliphatic heterocycles. The van der Waals surface area contributed by atoms with E-state index in [2.05, 4.69) is 0 Å². The maximum atomic E-state index is 11.8. The number of nitriles is 1. The number of aliphatic hydroxyl groups is 1. The largest absolute Gasteiger partial charge is 0.415 e. The van der Waals surface area contributed by atoms with Crippen LogP contribution in [-0.2, 0) is 0 Å². The van der Waals surface area contributed by atoms with Crippen molar-refractivity contribution in [3.63, 3.8) is 0 Å². The third kappa shape index (κ3) is 4.10. The first-order valence-electron chi connectivity index (χ1n) is 3.63. The van der Waals surface area contributed by atoms with Crippen LogP contribution in [0.15, 0.2) is 0 Å². The summed E-state index contributed by atoms with van der Waals surface area (Å²) in [7, 11) is 1.35. The van der Waals surface area contributed by atoms with Crippen LogP contribution in [0.2, 0.25) is 0 Å². The monoisotopic (exact) mass is 196 g/mol. The van der Waals surface area contributed by atoms with Crippen molar-refractivity contribution < 1.29 is 18.3 Å². The van der Waals surface area contributed by atoms with Crippen LogP contribution in [-0.4, -0.2) is 41.9 Å². The third-order valence-electron chi connectivity index (χ3n) is 1.69. The Hall–Kier alpha value is -0.800. The van der Waals surface area contributed by atoms with E-state index >= 15 is 0 Å². The quantitative estimate of drug-likeness (QED) is 0.724. The van der Waals surface area contributed by atoms with Crippen LogP contribution in [0.1, 0.15) is 6.92 Å². The number of halogens is 3. The second-order valence-electron chi connectivity index (χ2n) is 2.80. The fourth-order valence-corrected chi connectivity index (χ4v) is 0.633. The Morgan fingerprint density at radius 1 is 1.54 bits per heavy atom. The molecule has 0 rings (SSSR count). The van der Waals surface area contributed by atoms with Gasteiger partial charge in [-0.25, -0.2) is 0 Å². The second kappa shape index (κ2) is 4.44. The summed E-state index contributed by atoms with van der Waals surface area (Å²) in [5.41, 5.74) is 0. The van der Waals surface area contributed by atoms with E-state index in [9.17, 15) is 13.2 Å². The summed E-state index contributed by atoms with van der Waals surface area (Å²) in [4.78, 5) is 1.14. The molecule has 0 spiro atoms. The Kier molecular flexibility index (Phi) is 4.17. The van der Waals surface area contributed by atoms with Gasteiger partial charge in [-0.05, 0) is 14.0 Å². The number of rotatable bonds is 3. The highest BCUT2D eigenvalue weighted by Crippen LogP contribution is 2.20. The van der Waals surface area contributed by atoms with Crippen LogP contribution in [0.4, 0.5) is 13.2 Å². The predicted octanol–water partition coefficient (Wildman–Crippen LogP) is 0.753. The van der Waals surface area contributed by atoms with E-state index in [1.54, 1.807) is 6.07 Å². The maximum Gasteiger partial charge on any atom is 0.415 e. The summed E-state index contributed by atoms with van der Waals surface area (Å²) < 4.78 is 35.5. The zero-order valence-electron chi connectivity index (χ0n) is 7.34. The summed E-state index contributed by atoms with van der Waals surface area (Å²) >= 11 is 0. The van der Waals surface area contributed by atoms with Gasteiger partial charge in [0.2, 0.25) is 0 Å². The van der Waals surface area contributed by atoms with Crippen LogP contribution < -0.4 is 0 Å². The first-order valence-corrected chi connectivity index (χ1v) is 3.63. The highest BCUT2D eigenvalue weighted by Gasteiger charge is 2.39. The van der Waals surface area contributed by atoms with Crippen molar-refractivity contribution >= 4 is 0 Å². The molecular formula is C7H11F3N2O. The molecule has 3 nitrogen and oxygen atoms in total. The molecule has 0 aromatic carbocycles. The minimum absolute atomic E-state index is 0.585. The highest BCUT2D eigenvalue weighted by molar-refractivity contribution is 4.87. The van der Waals surface area contributed by atoms with Crippen molar-refractivity contribution in [3.05, 3.63) is 0 Å². The van der Waals surface area contributed by atoms with Crippen LogP contribution in [0.3, 0.4) is 0 Å². The van der Waals surface area contributed by atoms with E-state index in [-0.39, 0.29) is 0 Å². The fraction of sp³-hybridized carbons (Fsp3) is 0.857. The Morgan fingerprint density at radius 2 is 2.00 bits per heavy atom. The molecule has 6 heteroatoms. The van der Waals surface area contributed by atoms with Crippen LogP contribution in [0.25, 0.3) is 0 Å². The molecule has 0 aliphatic rings. The summed E-state index contributed by atoms with van der Waals surface area (Å²) in [5.74, 6) is 0. The summed E-state index contributed by atoms with van der Waals surface area (Å²) in [6.07, 6.45) is -7.02. The zero-order chi connectivity index (χ0) is 10.6. The molecule has 0 saturated heterocycles. The molecule has 0 fully saturated rings. The molecule has 0 saturated carbocycles. The van der Waals surface area contributed by atoms with E-state index in [0.717, 1.165) is 4.90 Å². The molecule has 76 valence electrons. The van der Waals surface area contributed by atoms with Gasteiger partial charge in [0, 0.05) is 6.54 Å². The number of hydrogen-bond donors (Lipinski definition) is 1. The van der Waals surface area contributed by atoms with E-state index in [0.29, 0.717) is 0 Å². The molecule has 13 heavy (non-hydrogen) atoms. The van der Waals surface area contributed by atoms with Gasteiger partial charge >= 0.3 is 6.18 Å². The Balaban J connectivity index is 4.08. The number of nitrogens with zero attached hydrogens (tertiary/aromatic N) is 2. The number of alkyl halides is 3. The lowest BCUT2D eigenvalue weighted by Crippen LogP contribution is -2.42. The van der Waals surface area contributed by atoms with E-state index in [4.69, 9.17) is 10.4 Å². The molecule has 0 aliphatic carbocycles. The molecule has 0 aromatic heterocycles. The second-order valence-corrected chi connectivity index (χ2v) is 2.80. The molecule has 0 amide bonds. The van der Waals surface area contributed by atoms with Gasteiger partial charge in [-0.1, -0.05) is 0 Å². The molecule has 2 unspecified atom stereocenters. The van der Waals surface area contributed by atoms with Crippen molar-refractivity contribution in [2.45, 2.75) is 25.2 Å². The smallest absolute Gasteiger partial charge is 0.382 e. The van der Waals surface area contributed by atoms with Crippen molar-refractivity contribution in [1.29, 1.82) is 5.26 Å². The number of hydrogen-bond acceptors (Lipinski definition) is 3. The first-order chi connectivity index (χ1) is 5.79. The molecule has 0 bridgehead atoms. The topological polar surface area (TPSA) is 47.3 Å². The molecule has 0 radical (unpaired) electrons. The first kappa shape index (κ1) is 12.2. The van der Waals surface area contributed by atoms with Gasteiger partial charge in [0.25, 0.3) is 0 Å². The van der Waals surface area contributed by atoms with Crippen molar-refractivity contribution in [3.8, 4) is 6.07 Å². The molecular weight excluding hydrogens is 185 g/mol. The lowest BCUT2D eigenvalue weighted by Gasteiger charge is -2.23. The standard InChI is InChI=1S/C7H11F3N2O/c1-5(3-11)12(2)4-6(13)7(8,9)10/h5-6,13H,4H2,1-2H3. The zero-order valence-corrected chi connectivity index (χ0v) is 7.34. The lowest BCUT2D eigenvalue weighted by molar-refractivity contribution is -0.207. The molecule has 1 N–H and O–H groups in total. The molecule has 2 atom stereocenters. The van der Waals surface area contributed by atoms with E-state index in [1.165, 1.54) is 14.0 Å². The fourth-order valence-electron chi connectivity index (χ4n) is 0.633. The van der Waals surface area contributed by atoms with Gasteiger partial charge in [-0.15, -0.1) is 0 Å². The number of aliphatic hydroxyl groups excluding tert-OH is 1. The Bertz CT molecular complexity index is 199. The SMILES string of the molecule is CC(C#N)N(C)CC(O)C(F)(F)F. The van der Waals surface area contributed by atoms with Crippen molar-refractivity contribution in [2.75, 3.05) is 13.6 Å². The predicted molar refractivity (Wildman–Crippen MR) is 39.8 cm³/mol. The van der Waals surface area contributed by atoms with Crippen LogP contribution in [0.5, 0.6) is 0 Å². The minimum Gasteiger partial charge on any atom is -0.382 e. The Labute approximate surface area is 74.4 Å². The highest BCUT2D eigenvalue weighted by atomic mass is 19.4. The van der Waals surface area contributed by atoms with E-state index in [1.807, 2.05) is 0 Å². The minimum atomic E-state index is -4.62. The van der Waals surface area contributed by atoms with Gasteiger partial charge in [0.05, 0.1) is 12.1 Å². The molecule has 0 aromatic rings. The summed E-state index contributed by atoms with van der Waals surface area (Å²) in [5, 5.41) is 17.0. The molecule has 0 heterocycles. The average molecular weight is 196 g/mol. The van der Waals surface area contributed by atoms with Gasteiger partial charge in [0.1, 0.15) is 0 Å². The van der Waals surface area contributed by atoms with Gasteiger partial charge < -0.3 is 5.11 Å². The van der Waals surface area contributed by atoms with Crippen LogP contribution >= 0.6 is 0 Å². The van der Waals surface area contributed by atoms with E-state index < -0.39 is 24.9 Å². The van der Waals surface area contributed by atoms with Gasteiger partial charge in [-0.3, -0.25) is 4.90 Å². The summed E-state index contributed by atoms with van der Waals surface area (Å²) in [6, 6.07) is 1.13. The van der Waals surface area contributed by atoms with Crippen molar-refractivity contribution in [1.82, 2.24) is 4.90 Å². The van der Waals surface area contributed by atoms with Gasteiger partial charge in [-0.2, -0.15) is 18.4 Å². The Morgan fingerprint density at radius 3 is 2.31 bits per heavy atom. The van der Waals surface area contributed by atoms with Crippen molar-refractivity contribution in [2.24, 2.45) is 0 Å². The lowest BCUT2D eigenvalue weighted by atomic mass is 10.2. The third-order valence-corrected chi connectivity index (χ3v) is 1.69. The van der Waals surface area contributed by atoms with Gasteiger partial charge in [0.15, 0.2) is 6.10 Å². The average Bonchev–Trinajstić information content (AvgIpc) is 2.01. The summed E-state index contributed by atoms with van der Waals surface area (Å²) in [6.45, 7) is 0.876.